The minimum absolute atomic E-state index is 0.0640. The number of carbonyl (C=O) groups is 1. The van der Waals surface area contributed by atoms with Gasteiger partial charge in [-0.25, -0.2) is 13.2 Å². The van der Waals surface area contributed by atoms with Crippen LogP contribution in [-0.2, 0) is 18.5 Å². The minimum atomic E-state index is -3.89. The summed E-state index contributed by atoms with van der Waals surface area (Å²) in [6.45, 7) is 4.90. The first-order chi connectivity index (χ1) is 9.79. The maximum atomic E-state index is 12.1. The second-order valence-electron chi connectivity index (χ2n) is 5.20. The highest BCUT2D eigenvalue weighted by atomic mass is 35.7. The van der Waals surface area contributed by atoms with Crippen molar-refractivity contribution in [3.8, 4) is 0 Å². The number of rotatable bonds is 4. The highest BCUT2D eigenvalue weighted by molar-refractivity contribution is 8.13. The van der Waals surface area contributed by atoms with Crippen molar-refractivity contribution in [1.82, 2.24) is 0 Å². The fraction of sp³-hybridized carbons (Fsp3) is 0.500. The van der Waals surface area contributed by atoms with Crippen LogP contribution in [-0.4, -0.2) is 34.2 Å². The van der Waals surface area contributed by atoms with Gasteiger partial charge in [-0.1, -0.05) is 6.07 Å². The fourth-order valence-corrected chi connectivity index (χ4v) is 3.50. The van der Waals surface area contributed by atoms with Crippen molar-refractivity contribution >= 4 is 25.7 Å². The zero-order valence-corrected chi connectivity index (χ0v) is 13.5. The molecule has 1 heterocycles. The number of ether oxygens (including phenoxy) is 2. The highest BCUT2D eigenvalue weighted by Gasteiger charge is 2.22. The molecule has 0 aromatic heterocycles. The van der Waals surface area contributed by atoms with Crippen molar-refractivity contribution in [2.45, 2.75) is 25.2 Å². The normalized spacial score (nSPS) is 18.7. The SMILES string of the molecule is Cc1cc(C)c(S(=O)(=O)Cl)cc1C(=O)OCC1CCOC1. The van der Waals surface area contributed by atoms with E-state index in [-0.39, 0.29) is 23.0 Å². The molecule has 0 spiro atoms. The number of carbonyl (C=O) groups excluding carboxylic acids is 1. The summed E-state index contributed by atoms with van der Waals surface area (Å²) in [5.74, 6) is -0.336. The first-order valence-electron chi connectivity index (χ1n) is 6.60. The van der Waals surface area contributed by atoms with E-state index in [0.29, 0.717) is 24.3 Å². The predicted molar refractivity (Wildman–Crippen MR) is 78.2 cm³/mol. The van der Waals surface area contributed by atoms with E-state index in [1.165, 1.54) is 6.07 Å². The smallest absolute Gasteiger partial charge is 0.338 e. The third-order valence-corrected chi connectivity index (χ3v) is 4.94. The summed E-state index contributed by atoms with van der Waals surface area (Å²) in [5, 5.41) is 0. The molecule has 1 aromatic rings. The lowest BCUT2D eigenvalue weighted by molar-refractivity contribution is 0.0427. The van der Waals surface area contributed by atoms with E-state index < -0.39 is 15.0 Å². The van der Waals surface area contributed by atoms with E-state index in [1.807, 2.05) is 0 Å². The molecule has 1 unspecified atom stereocenters. The first-order valence-corrected chi connectivity index (χ1v) is 8.90. The van der Waals surface area contributed by atoms with Crippen molar-refractivity contribution in [1.29, 1.82) is 0 Å². The van der Waals surface area contributed by atoms with E-state index in [0.717, 1.165) is 6.42 Å². The van der Waals surface area contributed by atoms with E-state index in [1.54, 1.807) is 19.9 Å². The number of hydrogen-bond donors (Lipinski definition) is 0. The summed E-state index contributed by atoms with van der Waals surface area (Å²) in [4.78, 5) is 12.0. The number of benzene rings is 1. The predicted octanol–water partition coefficient (Wildman–Crippen LogP) is 2.42. The summed E-state index contributed by atoms with van der Waals surface area (Å²) in [7, 11) is 1.48. The molecule has 0 N–H and O–H groups in total. The van der Waals surface area contributed by atoms with Crippen LogP contribution >= 0.6 is 10.7 Å². The van der Waals surface area contributed by atoms with Crippen molar-refractivity contribution in [3.63, 3.8) is 0 Å². The maximum Gasteiger partial charge on any atom is 0.338 e. The molecule has 0 saturated carbocycles. The van der Waals surface area contributed by atoms with Crippen LogP contribution in [0.25, 0.3) is 0 Å². The van der Waals surface area contributed by atoms with Gasteiger partial charge < -0.3 is 9.47 Å². The molecule has 1 aromatic carbocycles. The van der Waals surface area contributed by atoms with Crippen LogP contribution in [0.3, 0.4) is 0 Å². The summed E-state index contributed by atoms with van der Waals surface area (Å²) >= 11 is 0. The van der Waals surface area contributed by atoms with Gasteiger partial charge in [-0.3, -0.25) is 0 Å². The van der Waals surface area contributed by atoms with E-state index in [9.17, 15) is 13.2 Å². The highest BCUT2D eigenvalue weighted by Crippen LogP contribution is 2.24. The molecule has 0 bridgehead atoms. The van der Waals surface area contributed by atoms with Gasteiger partial charge in [0.25, 0.3) is 9.05 Å². The topological polar surface area (TPSA) is 69.7 Å². The Labute approximate surface area is 128 Å². The van der Waals surface area contributed by atoms with Gasteiger partial charge >= 0.3 is 5.97 Å². The number of esters is 1. The molecule has 21 heavy (non-hydrogen) atoms. The van der Waals surface area contributed by atoms with Crippen LogP contribution in [0.2, 0.25) is 0 Å². The molecule has 0 amide bonds. The molecule has 0 aliphatic carbocycles. The molecule has 116 valence electrons. The van der Waals surface area contributed by atoms with Gasteiger partial charge in [0.2, 0.25) is 0 Å². The first kappa shape index (κ1) is 16.3. The van der Waals surface area contributed by atoms with Gasteiger partial charge in [0.05, 0.1) is 23.7 Å². The van der Waals surface area contributed by atoms with Gasteiger partial charge in [0.1, 0.15) is 0 Å². The van der Waals surface area contributed by atoms with Gasteiger partial charge in [-0.05, 0) is 37.5 Å². The van der Waals surface area contributed by atoms with Gasteiger partial charge in [0, 0.05) is 23.2 Å². The van der Waals surface area contributed by atoms with Gasteiger partial charge in [-0.15, -0.1) is 0 Å². The standard InChI is InChI=1S/C14H17ClO5S/c1-9-5-10(2)13(21(15,17)18)6-12(9)14(16)20-8-11-3-4-19-7-11/h5-6,11H,3-4,7-8H2,1-2H3. The van der Waals surface area contributed by atoms with Crippen molar-refractivity contribution < 1.29 is 22.7 Å². The van der Waals surface area contributed by atoms with Crippen molar-refractivity contribution in [2.24, 2.45) is 5.92 Å². The molecule has 1 aliphatic rings. The fourth-order valence-electron chi connectivity index (χ4n) is 2.30. The molecule has 1 saturated heterocycles. The number of aryl methyl sites for hydroxylation is 2. The van der Waals surface area contributed by atoms with E-state index >= 15 is 0 Å². The van der Waals surface area contributed by atoms with E-state index in [4.69, 9.17) is 20.2 Å². The monoisotopic (exact) mass is 332 g/mol. The minimum Gasteiger partial charge on any atom is -0.462 e. The average Bonchev–Trinajstić information content (AvgIpc) is 2.87. The molecule has 7 heteroatoms. The van der Waals surface area contributed by atoms with Crippen molar-refractivity contribution in [2.75, 3.05) is 19.8 Å². The van der Waals surface area contributed by atoms with Crippen LogP contribution < -0.4 is 0 Å². The molecule has 5 nitrogen and oxygen atoms in total. The van der Waals surface area contributed by atoms with E-state index in [2.05, 4.69) is 0 Å². The Morgan fingerprint density at radius 2 is 2.10 bits per heavy atom. The zero-order valence-electron chi connectivity index (χ0n) is 11.9. The third kappa shape index (κ3) is 3.96. The van der Waals surface area contributed by atoms with Crippen LogP contribution in [0.4, 0.5) is 0 Å². The van der Waals surface area contributed by atoms with Crippen LogP contribution in [0.5, 0.6) is 0 Å². The summed E-state index contributed by atoms with van der Waals surface area (Å²) < 4.78 is 33.5. The Hall–Kier alpha value is -1.11. The van der Waals surface area contributed by atoms with Gasteiger partial charge in [0.15, 0.2) is 0 Å². The molecular formula is C14H17ClO5S. The van der Waals surface area contributed by atoms with Crippen LogP contribution in [0.1, 0.15) is 27.9 Å². The Balaban J connectivity index is 2.20. The second kappa shape index (κ2) is 6.34. The Bertz CT molecular complexity index is 648. The maximum absolute atomic E-state index is 12.1. The lowest BCUT2D eigenvalue weighted by Crippen LogP contribution is -2.15. The largest absolute Gasteiger partial charge is 0.462 e. The molecule has 2 rings (SSSR count). The quantitative estimate of drug-likeness (QED) is 0.625. The summed E-state index contributed by atoms with van der Waals surface area (Å²) in [5.41, 5.74) is 1.38. The lowest BCUT2D eigenvalue weighted by Gasteiger charge is -2.12. The van der Waals surface area contributed by atoms with Gasteiger partial charge in [-0.2, -0.15) is 0 Å². The molecule has 1 aliphatic heterocycles. The summed E-state index contributed by atoms with van der Waals surface area (Å²) in [6, 6.07) is 2.89. The molecule has 0 radical (unpaired) electrons. The Morgan fingerprint density at radius 3 is 2.67 bits per heavy atom. The molecular weight excluding hydrogens is 316 g/mol. The van der Waals surface area contributed by atoms with Crippen LogP contribution in [0.15, 0.2) is 17.0 Å². The number of halogens is 1. The molecule has 1 atom stereocenters. The van der Waals surface area contributed by atoms with Crippen molar-refractivity contribution in [3.05, 3.63) is 28.8 Å². The number of hydrogen-bond acceptors (Lipinski definition) is 5. The van der Waals surface area contributed by atoms with Crippen LogP contribution in [0, 0.1) is 19.8 Å². The third-order valence-electron chi connectivity index (χ3n) is 3.48. The molecule has 1 fully saturated rings. The Morgan fingerprint density at radius 1 is 1.38 bits per heavy atom. The zero-order chi connectivity index (χ0) is 15.6. The lowest BCUT2D eigenvalue weighted by atomic mass is 10.1. The average molecular weight is 333 g/mol. The second-order valence-corrected chi connectivity index (χ2v) is 7.73. The summed E-state index contributed by atoms with van der Waals surface area (Å²) in [6.07, 6.45) is 0.863. The Kier molecular flexibility index (Phi) is 4.91.